The standard InChI is InChI=1S/C22H30N4O3/c1-2-12-29-22-20(24-18-9-3-4-10-19(18)25-22)26-11-5-7-16(15-26)21(27)23-14-17-8-6-13-28-17/h3-4,9-10,16-17H,2,5-8,11-15H2,1H3,(H,23,27)/t16-,17-/m1/s1. The molecule has 0 bridgehead atoms. The van der Waals surface area contributed by atoms with Crippen molar-refractivity contribution in [3.8, 4) is 5.88 Å². The summed E-state index contributed by atoms with van der Waals surface area (Å²) in [4.78, 5) is 24.4. The summed E-state index contributed by atoms with van der Waals surface area (Å²) in [5.74, 6) is 1.35. The van der Waals surface area contributed by atoms with Crippen LogP contribution in [0.3, 0.4) is 0 Å². The van der Waals surface area contributed by atoms with Crippen molar-refractivity contribution in [2.75, 3.05) is 37.7 Å². The third-order valence-corrected chi connectivity index (χ3v) is 5.58. The molecule has 7 heteroatoms. The van der Waals surface area contributed by atoms with Crippen molar-refractivity contribution in [1.82, 2.24) is 15.3 Å². The lowest BCUT2D eigenvalue weighted by Crippen LogP contribution is -2.45. The molecule has 1 N–H and O–H groups in total. The van der Waals surface area contributed by atoms with Crippen LogP contribution in [0.1, 0.15) is 39.0 Å². The number of benzene rings is 1. The molecule has 2 aliphatic rings. The molecule has 1 aromatic carbocycles. The van der Waals surface area contributed by atoms with Gasteiger partial charge in [0.15, 0.2) is 5.82 Å². The number of amides is 1. The van der Waals surface area contributed by atoms with Gasteiger partial charge in [0, 0.05) is 26.2 Å². The van der Waals surface area contributed by atoms with Crippen LogP contribution < -0.4 is 15.0 Å². The Hall–Kier alpha value is -2.41. The van der Waals surface area contributed by atoms with Crippen molar-refractivity contribution in [2.24, 2.45) is 5.92 Å². The first kappa shape index (κ1) is 19.9. The van der Waals surface area contributed by atoms with Crippen molar-refractivity contribution in [1.29, 1.82) is 0 Å². The molecule has 2 fully saturated rings. The lowest BCUT2D eigenvalue weighted by Gasteiger charge is -2.33. The first-order valence-corrected chi connectivity index (χ1v) is 10.8. The van der Waals surface area contributed by atoms with E-state index in [1.807, 2.05) is 24.3 Å². The number of nitrogens with zero attached hydrogens (tertiary/aromatic N) is 3. The van der Waals surface area contributed by atoms with E-state index in [-0.39, 0.29) is 17.9 Å². The molecule has 2 saturated heterocycles. The fourth-order valence-electron chi connectivity index (χ4n) is 4.02. The summed E-state index contributed by atoms with van der Waals surface area (Å²) < 4.78 is 11.5. The number of piperidine rings is 1. The summed E-state index contributed by atoms with van der Waals surface area (Å²) in [6.45, 7) is 5.56. The summed E-state index contributed by atoms with van der Waals surface area (Å²) in [5, 5.41) is 3.09. The Morgan fingerprint density at radius 3 is 2.83 bits per heavy atom. The Labute approximate surface area is 171 Å². The summed E-state index contributed by atoms with van der Waals surface area (Å²) in [6.07, 6.45) is 5.02. The average Bonchev–Trinajstić information content (AvgIpc) is 3.29. The second-order valence-corrected chi connectivity index (χ2v) is 7.85. The molecule has 1 amide bonds. The smallest absolute Gasteiger partial charge is 0.258 e. The summed E-state index contributed by atoms with van der Waals surface area (Å²) in [6, 6.07) is 7.83. The highest BCUT2D eigenvalue weighted by Gasteiger charge is 2.29. The highest BCUT2D eigenvalue weighted by molar-refractivity contribution is 5.80. The van der Waals surface area contributed by atoms with Gasteiger partial charge in [-0.05, 0) is 44.2 Å². The van der Waals surface area contributed by atoms with Crippen molar-refractivity contribution in [3.63, 3.8) is 0 Å². The van der Waals surface area contributed by atoms with Crippen molar-refractivity contribution < 1.29 is 14.3 Å². The Morgan fingerprint density at radius 2 is 2.07 bits per heavy atom. The van der Waals surface area contributed by atoms with Gasteiger partial charge in [-0.3, -0.25) is 4.79 Å². The van der Waals surface area contributed by atoms with Gasteiger partial charge in [-0.2, -0.15) is 0 Å². The number of nitrogens with one attached hydrogen (secondary N) is 1. The van der Waals surface area contributed by atoms with Crippen LogP contribution in [-0.4, -0.2) is 54.8 Å². The van der Waals surface area contributed by atoms with E-state index in [0.29, 0.717) is 25.6 Å². The summed E-state index contributed by atoms with van der Waals surface area (Å²) >= 11 is 0. The molecule has 1 aromatic heterocycles. The van der Waals surface area contributed by atoms with E-state index in [2.05, 4.69) is 17.1 Å². The minimum Gasteiger partial charge on any atom is -0.475 e. The monoisotopic (exact) mass is 398 g/mol. The number of rotatable bonds is 7. The molecular formula is C22H30N4O3. The zero-order valence-corrected chi connectivity index (χ0v) is 17.1. The van der Waals surface area contributed by atoms with E-state index in [1.165, 1.54) is 0 Å². The lowest BCUT2D eigenvalue weighted by atomic mass is 9.97. The van der Waals surface area contributed by atoms with Crippen LogP contribution in [0.25, 0.3) is 11.0 Å². The Balaban J connectivity index is 1.49. The van der Waals surface area contributed by atoms with Gasteiger partial charge >= 0.3 is 0 Å². The second kappa shape index (κ2) is 9.39. The van der Waals surface area contributed by atoms with Gasteiger partial charge in [-0.25, -0.2) is 9.97 Å². The van der Waals surface area contributed by atoms with Crippen LogP contribution in [0.15, 0.2) is 24.3 Å². The highest BCUT2D eigenvalue weighted by atomic mass is 16.5. The Bertz CT molecular complexity index is 838. The maximum Gasteiger partial charge on any atom is 0.258 e. The normalized spacial score (nSPS) is 22.0. The minimum atomic E-state index is -0.0579. The molecular weight excluding hydrogens is 368 g/mol. The van der Waals surface area contributed by atoms with Crippen molar-refractivity contribution in [3.05, 3.63) is 24.3 Å². The predicted octanol–water partition coefficient (Wildman–Crippen LogP) is 2.93. The third-order valence-electron chi connectivity index (χ3n) is 5.58. The maximum absolute atomic E-state index is 12.7. The minimum absolute atomic E-state index is 0.0579. The molecule has 2 atom stereocenters. The Kier molecular flexibility index (Phi) is 6.44. The molecule has 2 aliphatic heterocycles. The Morgan fingerprint density at radius 1 is 1.24 bits per heavy atom. The number of carbonyl (C=O) groups excluding carboxylic acids is 1. The van der Waals surface area contributed by atoms with E-state index in [9.17, 15) is 4.79 Å². The highest BCUT2D eigenvalue weighted by Crippen LogP contribution is 2.31. The van der Waals surface area contributed by atoms with Gasteiger partial charge in [-0.15, -0.1) is 0 Å². The molecule has 29 heavy (non-hydrogen) atoms. The van der Waals surface area contributed by atoms with Crippen LogP contribution in [0.5, 0.6) is 5.88 Å². The number of carbonyl (C=O) groups is 1. The van der Waals surface area contributed by atoms with E-state index in [1.54, 1.807) is 0 Å². The molecule has 0 aliphatic carbocycles. The molecule has 0 saturated carbocycles. The van der Waals surface area contributed by atoms with E-state index in [0.717, 1.165) is 62.1 Å². The van der Waals surface area contributed by atoms with Gasteiger partial charge in [-0.1, -0.05) is 19.1 Å². The molecule has 156 valence electrons. The van der Waals surface area contributed by atoms with Gasteiger partial charge in [0.2, 0.25) is 5.91 Å². The fourth-order valence-corrected chi connectivity index (χ4v) is 4.02. The summed E-state index contributed by atoms with van der Waals surface area (Å²) in [7, 11) is 0. The van der Waals surface area contributed by atoms with Crippen LogP contribution in [-0.2, 0) is 9.53 Å². The van der Waals surface area contributed by atoms with Crippen molar-refractivity contribution >= 4 is 22.8 Å². The van der Waals surface area contributed by atoms with Gasteiger partial charge in [0.05, 0.1) is 29.7 Å². The number of anilines is 1. The van der Waals surface area contributed by atoms with Crippen LogP contribution in [0.2, 0.25) is 0 Å². The van der Waals surface area contributed by atoms with Crippen LogP contribution >= 0.6 is 0 Å². The number of fused-ring (bicyclic) bond motifs is 1. The van der Waals surface area contributed by atoms with E-state index in [4.69, 9.17) is 19.4 Å². The van der Waals surface area contributed by atoms with Crippen LogP contribution in [0.4, 0.5) is 5.82 Å². The largest absolute Gasteiger partial charge is 0.475 e. The SMILES string of the molecule is CCCOc1nc2ccccc2nc1N1CCC[C@@H](C(=O)NC[C@H]2CCCO2)C1. The molecule has 2 aromatic rings. The third kappa shape index (κ3) is 4.78. The molecule has 4 rings (SSSR count). The number of hydrogen-bond acceptors (Lipinski definition) is 6. The second-order valence-electron chi connectivity index (χ2n) is 7.85. The van der Waals surface area contributed by atoms with Crippen molar-refractivity contribution in [2.45, 2.75) is 45.1 Å². The first-order valence-electron chi connectivity index (χ1n) is 10.8. The zero-order valence-electron chi connectivity index (χ0n) is 17.1. The molecule has 0 spiro atoms. The average molecular weight is 399 g/mol. The molecule has 0 unspecified atom stereocenters. The fraction of sp³-hybridized carbons (Fsp3) is 0.591. The van der Waals surface area contributed by atoms with Crippen LogP contribution in [0, 0.1) is 5.92 Å². The number of aromatic nitrogens is 2. The van der Waals surface area contributed by atoms with E-state index >= 15 is 0 Å². The van der Waals surface area contributed by atoms with Gasteiger partial charge in [0.1, 0.15) is 0 Å². The number of para-hydroxylation sites is 2. The summed E-state index contributed by atoms with van der Waals surface area (Å²) in [5.41, 5.74) is 1.67. The topological polar surface area (TPSA) is 76.6 Å². The zero-order chi connectivity index (χ0) is 20.1. The quantitative estimate of drug-likeness (QED) is 0.773. The molecule has 7 nitrogen and oxygen atoms in total. The van der Waals surface area contributed by atoms with E-state index < -0.39 is 0 Å². The lowest BCUT2D eigenvalue weighted by molar-refractivity contribution is -0.125. The maximum atomic E-state index is 12.7. The number of hydrogen-bond donors (Lipinski definition) is 1. The predicted molar refractivity (Wildman–Crippen MR) is 112 cm³/mol. The van der Waals surface area contributed by atoms with Gasteiger partial charge in [0.25, 0.3) is 5.88 Å². The molecule has 0 radical (unpaired) electrons. The number of ether oxygens (including phenoxy) is 2. The van der Waals surface area contributed by atoms with Gasteiger partial charge < -0.3 is 19.7 Å². The molecule has 3 heterocycles. The first-order chi connectivity index (χ1) is 14.2.